The van der Waals surface area contributed by atoms with Crippen molar-refractivity contribution in [2.75, 3.05) is 19.7 Å². The summed E-state index contributed by atoms with van der Waals surface area (Å²) in [5.41, 5.74) is 1.19. The van der Waals surface area contributed by atoms with Gasteiger partial charge in [0.25, 0.3) is 0 Å². The Bertz CT molecular complexity index is 519. The number of cyclic esters (lactones) is 1. The summed E-state index contributed by atoms with van der Waals surface area (Å²) in [6.07, 6.45) is 4.66. The molecule has 0 radical (unpaired) electrons. The topological polar surface area (TPSA) is 32.8 Å². The number of fused-ring (bicyclic) bond motifs is 1. The number of hydrogen-bond donors (Lipinski definition) is 0. The van der Waals surface area contributed by atoms with Gasteiger partial charge in [0.15, 0.2) is 0 Å². The molecule has 3 fully saturated rings. The van der Waals surface area contributed by atoms with E-state index in [1.807, 2.05) is 23.1 Å². The molecule has 3 saturated heterocycles. The van der Waals surface area contributed by atoms with Crippen molar-refractivity contribution >= 4 is 6.09 Å². The molecule has 112 valence electrons. The summed E-state index contributed by atoms with van der Waals surface area (Å²) in [6.45, 7) is 2.88. The molecule has 4 nitrogen and oxygen atoms in total. The number of amides is 1. The van der Waals surface area contributed by atoms with Gasteiger partial charge in [-0.05, 0) is 44.3 Å². The second-order valence-electron chi connectivity index (χ2n) is 6.37. The zero-order valence-corrected chi connectivity index (χ0v) is 12.3. The highest BCUT2D eigenvalue weighted by atomic mass is 16.6. The van der Waals surface area contributed by atoms with Crippen molar-refractivity contribution in [3.05, 3.63) is 35.9 Å². The van der Waals surface area contributed by atoms with Crippen molar-refractivity contribution in [1.29, 1.82) is 0 Å². The second-order valence-corrected chi connectivity index (χ2v) is 6.37. The highest BCUT2D eigenvalue weighted by Crippen LogP contribution is 2.37. The molecule has 1 aromatic carbocycles. The summed E-state index contributed by atoms with van der Waals surface area (Å²) in [7, 11) is 0. The van der Waals surface area contributed by atoms with Crippen molar-refractivity contribution in [2.24, 2.45) is 0 Å². The molecule has 3 aliphatic heterocycles. The number of carbonyl (C=O) groups excluding carboxylic acids is 1. The lowest BCUT2D eigenvalue weighted by molar-refractivity contribution is 0.0704. The normalized spacial score (nSPS) is 33.0. The smallest absolute Gasteiger partial charge is 0.410 e. The average molecular weight is 286 g/mol. The summed E-state index contributed by atoms with van der Waals surface area (Å²) in [4.78, 5) is 16.9. The first kappa shape index (κ1) is 13.1. The molecular weight excluding hydrogens is 264 g/mol. The lowest BCUT2D eigenvalue weighted by Crippen LogP contribution is -2.53. The van der Waals surface area contributed by atoms with Crippen molar-refractivity contribution < 1.29 is 9.53 Å². The van der Waals surface area contributed by atoms with Gasteiger partial charge in [0.1, 0.15) is 6.61 Å². The van der Waals surface area contributed by atoms with E-state index in [2.05, 4.69) is 17.0 Å². The first-order valence-electron chi connectivity index (χ1n) is 8.09. The Morgan fingerprint density at radius 3 is 2.48 bits per heavy atom. The van der Waals surface area contributed by atoms with Crippen LogP contribution in [0.5, 0.6) is 0 Å². The maximum atomic E-state index is 12.3. The molecule has 4 heteroatoms. The molecule has 0 N–H and O–H groups in total. The van der Waals surface area contributed by atoms with Crippen molar-refractivity contribution in [3.63, 3.8) is 0 Å². The fraction of sp³-hybridized carbons (Fsp3) is 0.588. The highest BCUT2D eigenvalue weighted by Gasteiger charge is 2.45. The Morgan fingerprint density at radius 2 is 1.71 bits per heavy atom. The van der Waals surface area contributed by atoms with Gasteiger partial charge in [0.2, 0.25) is 0 Å². The van der Waals surface area contributed by atoms with Gasteiger partial charge in [-0.2, -0.15) is 0 Å². The van der Waals surface area contributed by atoms with Gasteiger partial charge in [0, 0.05) is 6.04 Å². The van der Waals surface area contributed by atoms with Crippen LogP contribution in [0.15, 0.2) is 30.3 Å². The van der Waals surface area contributed by atoms with Gasteiger partial charge in [-0.25, -0.2) is 4.79 Å². The molecule has 0 spiro atoms. The molecule has 0 unspecified atom stereocenters. The molecule has 0 saturated carbocycles. The van der Waals surface area contributed by atoms with Gasteiger partial charge in [-0.15, -0.1) is 0 Å². The third-order valence-corrected chi connectivity index (χ3v) is 5.26. The Labute approximate surface area is 125 Å². The molecule has 3 atom stereocenters. The van der Waals surface area contributed by atoms with E-state index in [4.69, 9.17) is 4.74 Å². The van der Waals surface area contributed by atoms with Crippen molar-refractivity contribution in [2.45, 2.75) is 43.8 Å². The first-order chi connectivity index (χ1) is 10.3. The highest BCUT2D eigenvalue weighted by molar-refractivity contribution is 5.71. The lowest BCUT2D eigenvalue weighted by Gasteiger charge is -2.42. The van der Waals surface area contributed by atoms with E-state index in [1.165, 1.54) is 37.9 Å². The molecule has 0 aromatic heterocycles. The minimum Gasteiger partial charge on any atom is -0.447 e. The fourth-order valence-electron chi connectivity index (χ4n) is 4.32. The van der Waals surface area contributed by atoms with Crippen LogP contribution in [0.2, 0.25) is 0 Å². The molecule has 1 amide bonds. The van der Waals surface area contributed by atoms with Crippen LogP contribution in [0.1, 0.15) is 37.3 Å². The summed E-state index contributed by atoms with van der Waals surface area (Å²) in [5.74, 6) is 0. The predicted molar refractivity (Wildman–Crippen MR) is 80.0 cm³/mol. The first-order valence-corrected chi connectivity index (χ1v) is 8.09. The van der Waals surface area contributed by atoms with Crippen LogP contribution >= 0.6 is 0 Å². The molecule has 4 rings (SSSR count). The number of benzene rings is 1. The maximum absolute atomic E-state index is 12.3. The van der Waals surface area contributed by atoms with E-state index < -0.39 is 0 Å². The SMILES string of the molecule is O=C1OC[C@H](c2ccccc2)N1[C@H]1CCCN2CCC[C@H]12. The monoisotopic (exact) mass is 286 g/mol. The minimum atomic E-state index is -0.123. The van der Waals surface area contributed by atoms with Gasteiger partial charge < -0.3 is 4.74 Å². The van der Waals surface area contributed by atoms with Crippen LogP contribution < -0.4 is 0 Å². The maximum Gasteiger partial charge on any atom is 0.410 e. The number of ether oxygens (including phenoxy) is 1. The van der Waals surface area contributed by atoms with Crippen LogP contribution in [0.25, 0.3) is 0 Å². The van der Waals surface area contributed by atoms with Crippen LogP contribution in [0, 0.1) is 0 Å². The third kappa shape index (κ3) is 2.22. The van der Waals surface area contributed by atoms with Crippen LogP contribution in [-0.4, -0.2) is 47.7 Å². The number of carbonyl (C=O) groups is 1. The minimum absolute atomic E-state index is 0.0873. The largest absolute Gasteiger partial charge is 0.447 e. The molecule has 1 aromatic rings. The van der Waals surface area contributed by atoms with Crippen molar-refractivity contribution in [1.82, 2.24) is 9.80 Å². The van der Waals surface area contributed by atoms with E-state index in [-0.39, 0.29) is 12.1 Å². The van der Waals surface area contributed by atoms with E-state index >= 15 is 0 Å². The van der Waals surface area contributed by atoms with Gasteiger partial charge in [-0.1, -0.05) is 30.3 Å². The van der Waals surface area contributed by atoms with Gasteiger partial charge >= 0.3 is 6.09 Å². The molecule has 3 heterocycles. The van der Waals surface area contributed by atoms with Crippen LogP contribution in [0.3, 0.4) is 0 Å². The Kier molecular flexibility index (Phi) is 3.34. The zero-order valence-electron chi connectivity index (χ0n) is 12.3. The number of rotatable bonds is 2. The zero-order chi connectivity index (χ0) is 14.2. The summed E-state index contributed by atoms with van der Waals surface area (Å²) >= 11 is 0. The average Bonchev–Trinajstić information content (AvgIpc) is 3.14. The lowest BCUT2D eigenvalue weighted by atomic mass is 9.93. The second kappa shape index (κ2) is 5.34. The molecular formula is C17H22N2O2. The van der Waals surface area contributed by atoms with E-state index in [1.54, 1.807) is 0 Å². The van der Waals surface area contributed by atoms with Gasteiger partial charge in [0.05, 0.1) is 12.1 Å². The van der Waals surface area contributed by atoms with E-state index in [9.17, 15) is 4.79 Å². The summed E-state index contributed by atoms with van der Waals surface area (Å²) in [6, 6.07) is 11.3. The van der Waals surface area contributed by atoms with E-state index in [0.717, 1.165) is 6.42 Å². The fourth-order valence-corrected chi connectivity index (χ4v) is 4.32. The van der Waals surface area contributed by atoms with E-state index in [0.29, 0.717) is 18.7 Å². The standard InChI is InChI=1S/C17H22N2O2/c20-17-19(15-9-5-11-18-10-4-8-14(15)18)16(12-21-17)13-6-2-1-3-7-13/h1-3,6-7,14-16H,4-5,8-12H2/t14-,15+,16-/m1/s1. The third-order valence-electron chi connectivity index (χ3n) is 5.26. The summed E-state index contributed by atoms with van der Waals surface area (Å²) < 4.78 is 5.40. The van der Waals surface area contributed by atoms with Crippen molar-refractivity contribution in [3.8, 4) is 0 Å². The number of piperidine rings is 1. The number of nitrogens with zero attached hydrogens (tertiary/aromatic N) is 2. The van der Waals surface area contributed by atoms with Gasteiger partial charge in [-0.3, -0.25) is 9.80 Å². The Balaban J connectivity index is 1.63. The summed E-state index contributed by atoms with van der Waals surface area (Å²) in [5, 5.41) is 0. The molecule has 21 heavy (non-hydrogen) atoms. The predicted octanol–water partition coefficient (Wildman–Crippen LogP) is 2.81. The quantitative estimate of drug-likeness (QED) is 0.838. The number of hydrogen-bond acceptors (Lipinski definition) is 3. The van der Waals surface area contributed by atoms with Crippen LogP contribution in [-0.2, 0) is 4.74 Å². The molecule has 0 aliphatic carbocycles. The Hall–Kier alpha value is -1.55. The molecule has 0 bridgehead atoms. The molecule has 3 aliphatic rings. The Morgan fingerprint density at radius 1 is 1.00 bits per heavy atom. The van der Waals surface area contributed by atoms with Crippen LogP contribution in [0.4, 0.5) is 4.79 Å².